The quantitative estimate of drug-likeness (QED) is 0.898. The average Bonchev–Trinajstić information content (AvgIpc) is 2.47. The molecule has 1 saturated heterocycles. The van der Waals surface area contributed by atoms with Crippen LogP contribution >= 0.6 is 0 Å². The molecule has 0 aromatic heterocycles. The van der Waals surface area contributed by atoms with Crippen molar-refractivity contribution in [2.24, 2.45) is 0 Å². The van der Waals surface area contributed by atoms with Crippen LogP contribution in [0.4, 0.5) is 0 Å². The topological polar surface area (TPSA) is 40.5 Å². The standard InChI is InChI=1S/C17H23NO2/c1-17(16(19)20)11-4-5-12-18(17)15-10-6-8-13-7-2-3-9-14(13)15/h2-3,7,9,15H,4-6,8,10-12H2,1H3,(H,19,20). The molecule has 0 spiro atoms. The van der Waals surface area contributed by atoms with E-state index < -0.39 is 11.5 Å². The molecule has 1 N–H and O–H groups in total. The largest absolute Gasteiger partial charge is 0.480 e. The van der Waals surface area contributed by atoms with Gasteiger partial charge in [0.15, 0.2) is 0 Å². The number of hydrogen-bond donors (Lipinski definition) is 1. The van der Waals surface area contributed by atoms with Gasteiger partial charge in [-0.15, -0.1) is 0 Å². The monoisotopic (exact) mass is 273 g/mol. The molecule has 2 unspecified atom stereocenters. The third-order valence-corrected chi connectivity index (χ3v) is 5.12. The first-order valence-corrected chi connectivity index (χ1v) is 7.71. The molecule has 3 nitrogen and oxygen atoms in total. The molecule has 0 saturated carbocycles. The Balaban J connectivity index is 1.98. The fraction of sp³-hybridized carbons (Fsp3) is 0.588. The summed E-state index contributed by atoms with van der Waals surface area (Å²) in [5.41, 5.74) is 2.06. The lowest BCUT2D eigenvalue weighted by atomic mass is 9.80. The molecule has 1 aromatic rings. The van der Waals surface area contributed by atoms with Crippen LogP contribution in [0.2, 0.25) is 0 Å². The first kappa shape index (κ1) is 13.6. The summed E-state index contributed by atoms with van der Waals surface area (Å²) in [7, 11) is 0. The number of carboxylic acids is 1. The van der Waals surface area contributed by atoms with Crippen LogP contribution in [0.1, 0.15) is 56.2 Å². The smallest absolute Gasteiger partial charge is 0.323 e. The minimum atomic E-state index is -0.701. The van der Waals surface area contributed by atoms with Crippen molar-refractivity contribution in [1.29, 1.82) is 0 Å². The lowest BCUT2D eigenvalue weighted by Gasteiger charge is -2.47. The lowest BCUT2D eigenvalue weighted by Crippen LogP contribution is -2.56. The van der Waals surface area contributed by atoms with E-state index in [9.17, 15) is 9.90 Å². The van der Waals surface area contributed by atoms with Crippen molar-refractivity contribution in [2.75, 3.05) is 6.54 Å². The van der Waals surface area contributed by atoms with Gasteiger partial charge in [-0.2, -0.15) is 0 Å². The zero-order chi connectivity index (χ0) is 14.2. The van der Waals surface area contributed by atoms with Crippen molar-refractivity contribution in [3.8, 4) is 0 Å². The number of carbonyl (C=O) groups is 1. The Morgan fingerprint density at radius 1 is 1.30 bits per heavy atom. The summed E-state index contributed by atoms with van der Waals surface area (Å²) in [4.78, 5) is 14.1. The van der Waals surface area contributed by atoms with Gasteiger partial charge in [0.2, 0.25) is 0 Å². The van der Waals surface area contributed by atoms with E-state index in [0.717, 1.165) is 45.1 Å². The highest BCUT2D eigenvalue weighted by molar-refractivity contribution is 5.78. The summed E-state index contributed by atoms with van der Waals surface area (Å²) >= 11 is 0. The van der Waals surface area contributed by atoms with E-state index in [2.05, 4.69) is 29.2 Å². The summed E-state index contributed by atoms with van der Waals surface area (Å²) in [6.07, 6.45) is 6.27. The minimum absolute atomic E-state index is 0.279. The molecule has 3 heteroatoms. The van der Waals surface area contributed by atoms with Gasteiger partial charge >= 0.3 is 5.97 Å². The summed E-state index contributed by atoms with van der Waals surface area (Å²) in [6.45, 7) is 2.81. The molecular weight excluding hydrogens is 250 g/mol. The lowest BCUT2D eigenvalue weighted by molar-refractivity contribution is -0.155. The molecule has 1 aromatic carbocycles. The number of aliphatic carboxylic acids is 1. The van der Waals surface area contributed by atoms with E-state index in [1.165, 1.54) is 11.1 Å². The molecule has 0 bridgehead atoms. The Hall–Kier alpha value is -1.35. The number of nitrogens with zero attached hydrogens (tertiary/aromatic N) is 1. The molecular formula is C17H23NO2. The van der Waals surface area contributed by atoms with Gasteiger partial charge < -0.3 is 5.11 Å². The highest BCUT2D eigenvalue weighted by atomic mass is 16.4. The van der Waals surface area contributed by atoms with Crippen LogP contribution in [-0.2, 0) is 11.2 Å². The van der Waals surface area contributed by atoms with Crippen molar-refractivity contribution in [3.63, 3.8) is 0 Å². The molecule has 108 valence electrons. The summed E-state index contributed by atoms with van der Waals surface area (Å²) in [5.74, 6) is -0.666. The van der Waals surface area contributed by atoms with Crippen molar-refractivity contribution in [2.45, 2.75) is 57.0 Å². The van der Waals surface area contributed by atoms with E-state index in [-0.39, 0.29) is 6.04 Å². The number of likely N-dealkylation sites (tertiary alicyclic amines) is 1. The fourth-order valence-electron chi connectivity index (χ4n) is 3.92. The van der Waals surface area contributed by atoms with Crippen LogP contribution in [0.5, 0.6) is 0 Å². The maximum Gasteiger partial charge on any atom is 0.323 e. The fourth-order valence-corrected chi connectivity index (χ4v) is 3.92. The number of fused-ring (bicyclic) bond motifs is 1. The highest BCUT2D eigenvalue weighted by Crippen LogP contribution is 2.41. The summed E-state index contributed by atoms with van der Waals surface area (Å²) < 4.78 is 0. The molecule has 2 atom stereocenters. The number of carboxylic acid groups (broad SMARTS) is 1. The van der Waals surface area contributed by atoms with Crippen molar-refractivity contribution < 1.29 is 9.90 Å². The summed E-state index contributed by atoms with van der Waals surface area (Å²) in [5, 5.41) is 9.70. The van der Waals surface area contributed by atoms with Crippen molar-refractivity contribution in [3.05, 3.63) is 35.4 Å². The first-order chi connectivity index (χ1) is 9.63. The minimum Gasteiger partial charge on any atom is -0.480 e. The number of hydrogen-bond acceptors (Lipinski definition) is 2. The Morgan fingerprint density at radius 3 is 2.90 bits per heavy atom. The second-order valence-electron chi connectivity index (χ2n) is 6.34. The average molecular weight is 273 g/mol. The molecule has 0 radical (unpaired) electrons. The molecule has 0 amide bonds. The normalized spacial score (nSPS) is 30.8. The third kappa shape index (κ3) is 2.14. The van der Waals surface area contributed by atoms with Crippen LogP contribution in [0.25, 0.3) is 0 Å². The van der Waals surface area contributed by atoms with Gasteiger partial charge in [0.05, 0.1) is 0 Å². The van der Waals surface area contributed by atoms with E-state index in [1.807, 2.05) is 6.92 Å². The van der Waals surface area contributed by atoms with Crippen LogP contribution in [0, 0.1) is 0 Å². The van der Waals surface area contributed by atoms with Crippen molar-refractivity contribution >= 4 is 5.97 Å². The van der Waals surface area contributed by atoms with E-state index in [4.69, 9.17) is 0 Å². The number of piperidine rings is 1. The van der Waals surface area contributed by atoms with Crippen molar-refractivity contribution in [1.82, 2.24) is 4.90 Å². The predicted octanol–water partition coefficient (Wildman–Crippen LogP) is 3.39. The van der Waals surface area contributed by atoms with Crippen LogP contribution in [-0.4, -0.2) is 28.1 Å². The molecule has 3 rings (SSSR count). The van der Waals surface area contributed by atoms with Crippen LogP contribution in [0.3, 0.4) is 0 Å². The number of benzene rings is 1. The zero-order valence-electron chi connectivity index (χ0n) is 12.1. The Bertz CT molecular complexity index is 513. The summed E-state index contributed by atoms with van der Waals surface area (Å²) in [6, 6.07) is 8.84. The third-order valence-electron chi connectivity index (χ3n) is 5.12. The Kier molecular flexibility index (Phi) is 3.55. The molecule has 2 aliphatic rings. The van der Waals surface area contributed by atoms with Crippen LogP contribution < -0.4 is 0 Å². The first-order valence-electron chi connectivity index (χ1n) is 7.71. The van der Waals surface area contributed by atoms with Gasteiger partial charge in [-0.3, -0.25) is 9.69 Å². The van der Waals surface area contributed by atoms with E-state index in [1.54, 1.807) is 0 Å². The number of aryl methyl sites for hydroxylation is 1. The molecule has 20 heavy (non-hydrogen) atoms. The van der Waals surface area contributed by atoms with Gasteiger partial charge in [0, 0.05) is 6.04 Å². The van der Waals surface area contributed by atoms with Gasteiger partial charge in [-0.05, 0) is 63.1 Å². The van der Waals surface area contributed by atoms with Gasteiger partial charge in [0.25, 0.3) is 0 Å². The molecule has 1 aliphatic carbocycles. The maximum absolute atomic E-state index is 11.8. The maximum atomic E-state index is 11.8. The second kappa shape index (κ2) is 5.21. The van der Waals surface area contributed by atoms with E-state index in [0.29, 0.717) is 0 Å². The van der Waals surface area contributed by atoms with Crippen LogP contribution in [0.15, 0.2) is 24.3 Å². The SMILES string of the molecule is CC1(C(=O)O)CCCCN1C1CCCc2ccccc21. The molecule has 1 fully saturated rings. The van der Waals surface area contributed by atoms with E-state index >= 15 is 0 Å². The molecule has 1 aliphatic heterocycles. The molecule has 1 heterocycles. The Morgan fingerprint density at radius 2 is 2.10 bits per heavy atom. The number of rotatable bonds is 2. The van der Waals surface area contributed by atoms with Gasteiger partial charge in [0.1, 0.15) is 5.54 Å². The predicted molar refractivity (Wildman–Crippen MR) is 78.7 cm³/mol. The zero-order valence-corrected chi connectivity index (χ0v) is 12.1. The van der Waals surface area contributed by atoms with Gasteiger partial charge in [-0.25, -0.2) is 0 Å². The highest BCUT2D eigenvalue weighted by Gasteiger charge is 2.45. The Labute approximate surface area is 120 Å². The second-order valence-corrected chi connectivity index (χ2v) is 6.34. The van der Waals surface area contributed by atoms with Gasteiger partial charge in [-0.1, -0.05) is 24.3 Å².